The zero-order chi connectivity index (χ0) is 14.4. The van der Waals surface area contributed by atoms with Crippen LogP contribution in [-0.2, 0) is 4.79 Å². The number of nitrogens with one attached hydrogen (secondary N) is 1. The molecule has 1 amide bonds. The molecule has 5 heteroatoms. The lowest BCUT2D eigenvalue weighted by molar-refractivity contribution is -0.127. The third kappa shape index (κ3) is 4.43. The highest BCUT2D eigenvalue weighted by Crippen LogP contribution is 2.17. The van der Waals surface area contributed by atoms with Gasteiger partial charge in [0.2, 0.25) is 5.91 Å². The molecule has 1 heterocycles. The van der Waals surface area contributed by atoms with E-state index in [0.717, 1.165) is 45.6 Å². The normalized spacial score (nSPS) is 24.5. The summed E-state index contributed by atoms with van der Waals surface area (Å²) >= 11 is 0. The number of β-amino-alcohol motifs (C(OH)–C–C–N with tert-alkyl or cyclic N) is 1. The standard InChI is InChI=1S/C15H29N3O2/c1-13(15(20)16-14-5-3-2-4-6-14)18-9-7-17(8-10-18)11-12-19/h13-14,19H,2-12H2,1H3,(H,16,20). The highest BCUT2D eigenvalue weighted by atomic mass is 16.3. The molecule has 1 saturated carbocycles. The highest BCUT2D eigenvalue weighted by Gasteiger charge is 2.26. The SMILES string of the molecule is CC(C(=O)NC1CCCCC1)N1CCN(CCO)CC1. The first-order valence-electron chi connectivity index (χ1n) is 8.08. The summed E-state index contributed by atoms with van der Waals surface area (Å²) in [5.74, 6) is 0.188. The Morgan fingerprint density at radius 3 is 2.45 bits per heavy atom. The van der Waals surface area contributed by atoms with Crippen LogP contribution in [0.2, 0.25) is 0 Å². The van der Waals surface area contributed by atoms with Gasteiger partial charge in [-0.1, -0.05) is 19.3 Å². The highest BCUT2D eigenvalue weighted by molar-refractivity contribution is 5.81. The van der Waals surface area contributed by atoms with Crippen molar-refractivity contribution in [1.82, 2.24) is 15.1 Å². The third-order valence-corrected chi connectivity index (χ3v) is 4.70. The summed E-state index contributed by atoms with van der Waals surface area (Å²) in [5.41, 5.74) is 0. The van der Waals surface area contributed by atoms with Crippen molar-refractivity contribution in [2.45, 2.75) is 51.1 Å². The number of aliphatic hydroxyl groups is 1. The summed E-state index contributed by atoms with van der Waals surface area (Å²) < 4.78 is 0. The quantitative estimate of drug-likeness (QED) is 0.768. The molecule has 0 aromatic rings. The zero-order valence-electron chi connectivity index (χ0n) is 12.7. The molecular formula is C15H29N3O2. The van der Waals surface area contributed by atoms with Gasteiger partial charge in [0.1, 0.15) is 0 Å². The average Bonchev–Trinajstić information content (AvgIpc) is 2.48. The predicted octanol–water partition coefficient (Wildman–Crippen LogP) is 0.434. The molecule has 116 valence electrons. The molecule has 0 radical (unpaired) electrons. The van der Waals surface area contributed by atoms with E-state index in [0.29, 0.717) is 6.04 Å². The molecule has 1 aliphatic heterocycles. The van der Waals surface area contributed by atoms with Gasteiger partial charge in [-0.15, -0.1) is 0 Å². The Morgan fingerprint density at radius 2 is 1.85 bits per heavy atom. The molecule has 2 fully saturated rings. The number of nitrogens with zero attached hydrogens (tertiary/aromatic N) is 2. The number of piperazine rings is 1. The van der Waals surface area contributed by atoms with Crippen LogP contribution < -0.4 is 5.32 Å². The first kappa shape index (κ1) is 15.7. The van der Waals surface area contributed by atoms with Gasteiger partial charge in [0, 0.05) is 38.8 Å². The molecule has 2 aliphatic rings. The van der Waals surface area contributed by atoms with E-state index in [-0.39, 0.29) is 18.6 Å². The van der Waals surface area contributed by atoms with E-state index >= 15 is 0 Å². The predicted molar refractivity (Wildman–Crippen MR) is 79.6 cm³/mol. The Labute approximate surface area is 122 Å². The lowest BCUT2D eigenvalue weighted by Gasteiger charge is -2.37. The minimum atomic E-state index is -0.0341. The number of rotatable bonds is 5. The average molecular weight is 283 g/mol. The maximum atomic E-state index is 12.3. The van der Waals surface area contributed by atoms with Gasteiger partial charge in [-0.25, -0.2) is 0 Å². The van der Waals surface area contributed by atoms with Crippen LogP contribution in [0.3, 0.4) is 0 Å². The monoisotopic (exact) mass is 283 g/mol. The van der Waals surface area contributed by atoms with Crippen molar-refractivity contribution in [1.29, 1.82) is 0 Å². The Bertz CT molecular complexity index is 297. The minimum absolute atomic E-state index is 0.0341. The molecular weight excluding hydrogens is 254 g/mol. The maximum Gasteiger partial charge on any atom is 0.237 e. The van der Waals surface area contributed by atoms with E-state index in [1.54, 1.807) is 0 Å². The van der Waals surface area contributed by atoms with Gasteiger partial charge in [-0.05, 0) is 19.8 Å². The number of carbonyl (C=O) groups excluding carboxylic acids is 1. The second kappa shape index (κ2) is 7.96. The van der Waals surface area contributed by atoms with Crippen molar-refractivity contribution < 1.29 is 9.90 Å². The number of amides is 1. The number of hydrogen-bond donors (Lipinski definition) is 2. The molecule has 0 spiro atoms. The van der Waals surface area contributed by atoms with Crippen LogP contribution in [0.5, 0.6) is 0 Å². The molecule has 2 rings (SSSR count). The van der Waals surface area contributed by atoms with Crippen molar-refractivity contribution in [2.75, 3.05) is 39.3 Å². The molecule has 1 atom stereocenters. The van der Waals surface area contributed by atoms with E-state index in [1.807, 2.05) is 6.92 Å². The van der Waals surface area contributed by atoms with Crippen LogP contribution >= 0.6 is 0 Å². The zero-order valence-corrected chi connectivity index (χ0v) is 12.7. The van der Waals surface area contributed by atoms with Crippen molar-refractivity contribution >= 4 is 5.91 Å². The van der Waals surface area contributed by atoms with Crippen LogP contribution in [0, 0.1) is 0 Å². The van der Waals surface area contributed by atoms with Gasteiger partial charge in [-0.3, -0.25) is 14.6 Å². The maximum absolute atomic E-state index is 12.3. The molecule has 0 aromatic heterocycles. The van der Waals surface area contributed by atoms with Gasteiger partial charge >= 0.3 is 0 Å². The van der Waals surface area contributed by atoms with Crippen LogP contribution in [0.25, 0.3) is 0 Å². The molecule has 1 unspecified atom stereocenters. The third-order valence-electron chi connectivity index (χ3n) is 4.70. The Balaban J connectivity index is 1.73. The second-order valence-corrected chi connectivity index (χ2v) is 6.12. The topological polar surface area (TPSA) is 55.8 Å². The molecule has 1 saturated heterocycles. The summed E-state index contributed by atoms with van der Waals surface area (Å²) in [6.45, 7) is 6.70. The summed E-state index contributed by atoms with van der Waals surface area (Å²) in [4.78, 5) is 16.8. The fourth-order valence-electron chi connectivity index (χ4n) is 3.25. The minimum Gasteiger partial charge on any atom is -0.395 e. The molecule has 1 aliphatic carbocycles. The Kier molecular flexibility index (Phi) is 6.26. The van der Waals surface area contributed by atoms with Gasteiger partial charge in [0.25, 0.3) is 0 Å². The number of aliphatic hydroxyl groups excluding tert-OH is 1. The van der Waals surface area contributed by atoms with Crippen LogP contribution in [0.1, 0.15) is 39.0 Å². The van der Waals surface area contributed by atoms with Gasteiger partial charge in [-0.2, -0.15) is 0 Å². The van der Waals surface area contributed by atoms with E-state index in [9.17, 15) is 4.79 Å². The Morgan fingerprint density at radius 1 is 1.20 bits per heavy atom. The van der Waals surface area contributed by atoms with Crippen molar-refractivity contribution in [2.24, 2.45) is 0 Å². The summed E-state index contributed by atoms with van der Waals surface area (Å²) in [5, 5.41) is 12.2. The van der Waals surface area contributed by atoms with Crippen LogP contribution in [0.4, 0.5) is 0 Å². The van der Waals surface area contributed by atoms with Crippen LogP contribution in [0.15, 0.2) is 0 Å². The summed E-state index contributed by atoms with van der Waals surface area (Å²) in [6.07, 6.45) is 6.10. The Hall–Kier alpha value is -0.650. The van der Waals surface area contributed by atoms with E-state index in [1.165, 1.54) is 19.3 Å². The van der Waals surface area contributed by atoms with E-state index in [4.69, 9.17) is 5.11 Å². The number of hydrogen-bond acceptors (Lipinski definition) is 4. The molecule has 0 bridgehead atoms. The van der Waals surface area contributed by atoms with E-state index in [2.05, 4.69) is 15.1 Å². The summed E-state index contributed by atoms with van der Waals surface area (Å²) in [6, 6.07) is 0.364. The van der Waals surface area contributed by atoms with Gasteiger partial charge in [0.15, 0.2) is 0 Å². The van der Waals surface area contributed by atoms with Crippen molar-refractivity contribution in [3.63, 3.8) is 0 Å². The van der Waals surface area contributed by atoms with Crippen molar-refractivity contribution in [3.8, 4) is 0 Å². The lowest BCUT2D eigenvalue weighted by atomic mass is 9.95. The van der Waals surface area contributed by atoms with E-state index < -0.39 is 0 Å². The fraction of sp³-hybridized carbons (Fsp3) is 0.933. The fourth-order valence-corrected chi connectivity index (χ4v) is 3.25. The van der Waals surface area contributed by atoms with Gasteiger partial charge in [0.05, 0.1) is 12.6 Å². The largest absolute Gasteiger partial charge is 0.395 e. The smallest absolute Gasteiger partial charge is 0.237 e. The number of carbonyl (C=O) groups is 1. The lowest BCUT2D eigenvalue weighted by Crippen LogP contribution is -2.55. The molecule has 20 heavy (non-hydrogen) atoms. The van der Waals surface area contributed by atoms with Crippen molar-refractivity contribution in [3.05, 3.63) is 0 Å². The van der Waals surface area contributed by atoms with Gasteiger partial charge < -0.3 is 10.4 Å². The van der Waals surface area contributed by atoms with Crippen LogP contribution in [-0.4, -0.2) is 72.2 Å². The summed E-state index contributed by atoms with van der Waals surface area (Å²) in [7, 11) is 0. The first-order chi connectivity index (χ1) is 9.70. The second-order valence-electron chi connectivity index (χ2n) is 6.12. The molecule has 0 aromatic carbocycles. The first-order valence-corrected chi connectivity index (χ1v) is 8.08. The molecule has 2 N–H and O–H groups in total. The molecule has 5 nitrogen and oxygen atoms in total.